The average molecular weight is 366 g/mol. The molecule has 1 fully saturated rings. The smallest absolute Gasteiger partial charge is 0.224 e. The topological polar surface area (TPSA) is 38.3 Å². The second-order valence-corrected chi connectivity index (χ2v) is 7.43. The van der Waals surface area contributed by atoms with Crippen LogP contribution in [0.3, 0.4) is 0 Å². The van der Waals surface area contributed by atoms with Gasteiger partial charge in [-0.05, 0) is 72.9 Å². The second kappa shape index (κ2) is 8.60. The van der Waals surface area contributed by atoms with Gasteiger partial charge in [0.2, 0.25) is 5.91 Å². The number of nitrogens with one attached hydrogen (secondary N) is 1. The van der Waals surface area contributed by atoms with E-state index in [0.717, 1.165) is 29.8 Å². The van der Waals surface area contributed by atoms with Gasteiger partial charge in [0, 0.05) is 17.7 Å². The van der Waals surface area contributed by atoms with Crippen LogP contribution in [0.5, 0.6) is 5.75 Å². The van der Waals surface area contributed by atoms with Gasteiger partial charge in [0.1, 0.15) is 12.4 Å². The zero-order chi connectivity index (χ0) is 19.4. The number of ether oxygens (including phenoxy) is 1. The van der Waals surface area contributed by atoms with E-state index in [1.54, 1.807) is 0 Å². The second-order valence-electron chi connectivity index (χ2n) is 7.43. The molecule has 1 aliphatic carbocycles. The summed E-state index contributed by atoms with van der Waals surface area (Å²) in [5.74, 6) is 1.61. The molecule has 0 heterocycles. The standard InChI is InChI=1S/C24H31NO2/c1-5-17-14-18(6-2)23(13-16(17)4)27-15-21-20(19-11-12-19)9-8-10-22(21)25-24(26)7-3/h8-10,13-14,19H,5-7,11-12,15H2,1-4H3,(H,25,26). The van der Waals surface area contributed by atoms with Gasteiger partial charge in [-0.3, -0.25) is 4.79 Å². The predicted molar refractivity (Wildman–Crippen MR) is 112 cm³/mol. The van der Waals surface area contributed by atoms with E-state index in [4.69, 9.17) is 4.74 Å². The number of benzene rings is 2. The van der Waals surface area contributed by atoms with E-state index in [9.17, 15) is 4.79 Å². The van der Waals surface area contributed by atoms with Crippen LogP contribution in [0.25, 0.3) is 0 Å². The van der Waals surface area contributed by atoms with Gasteiger partial charge in [-0.25, -0.2) is 0 Å². The van der Waals surface area contributed by atoms with Crippen LogP contribution in [-0.2, 0) is 24.2 Å². The minimum absolute atomic E-state index is 0.0431. The van der Waals surface area contributed by atoms with Crippen molar-refractivity contribution in [2.75, 3.05) is 5.32 Å². The lowest BCUT2D eigenvalue weighted by atomic mass is 10.00. The monoisotopic (exact) mass is 365 g/mol. The largest absolute Gasteiger partial charge is 0.489 e. The third kappa shape index (κ3) is 4.52. The molecule has 0 unspecified atom stereocenters. The van der Waals surface area contributed by atoms with Crippen molar-refractivity contribution in [2.45, 2.75) is 72.3 Å². The van der Waals surface area contributed by atoms with Crippen molar-refractivity contribution in [2.24, 2.45) is 0 Å². The van der Waals surface area contributed by atoms with E-state index in [2.05, 4.69) is 44.3 Å². The molecule has 144 valence electrons. The lowest BCUT2D eigenvalue weighted by molar-refractivity contribution is -0.115. The van der Waals surface area contributed by atoms with Crippen molar-refractivity contribution < 1.29 is 9.53 Å². The van der Waals surface area contributed by atoms with Crippen molar-refractivity contribution in [3.63, 3.8) is 0 Å². The van der Waals surface area contributed by atoms with Crippen LogP contribution in [0.4, 0.5) is 5.69 Å². The molecule has 0 spiro atoms. The first-order valence-electron chi connectivity index (χ1n) is 10.2. The Morgan fingerprint density at radius 3 is 2.48 bits per heavy atom. The van der Waals surface area contributed by atoms with Gasteiger partial charge in [0.25, 0.3) is 0 Å². The summed E-state index contributed by atoms with van der Waals surface area (Å²) in [7, 11) is 0. The first-order valence-corrected chi connectivity index (χ1v) is 10.2. The van der Waals surface area contributed by atoms with Crippen molar-refractivity contribution in [3.05, 3.63) is 58.1 Å². The van der Waals surface area contributed by atoms with Gasteiger partial charge in [-0.1, -0.05) is 39.0 Å². The summed E-state index contributed by atoms with van der Waals surface area (Å²) in [6, 6.07) is 10.7. The Morgan fingerprint density at radius 1 is 1.11 bits per heavy atom. The molecule has 2 aromatic rings. The maximum absolute atomic E-state index is 12.0. The summed E-state index contributed by atoms with van der Waals surface area (Å²) in [6.07, 6.45) is 4.92. The summed E-state index contributed by atoms with van der Waals surface area (Å²) in [5.41, 5.74) is 7.25. The Hall–Kier alpha value is -2.29. The Kier molecular flexibility index (Phi) is 6.20. The van der Waals surface area contributed by atoms with Crippen molar-refractivity contribution in [1.82, 2.24) is 0 Å². The highest BCUT2D eigenvalue weighted by Gasteiger charge is 2.27. The molecule has 0 bridgehead atoms. The van der Waals surface area contributed by atoms with Crippen LogP contribution in [0.2, 0.25) is 0 Å². The number of rotatable bonds is 8. The van der Waals surface area contributed by atoms with Crippen LogP contribution >= 0.6 is 0 Å². The van der Waals surface area contributed by atoms with Crippen molar-refractivity contribution in [3.8, 4) is 5.75 Å². The van der Waals surface area contributed by atoms with Gasteiger partial charge < -0.3 is 10.1 Å². The minimum atomic E-state index is 0.0431. The first kappa shape index (κ1) is 19.5. The number of carbonyl (C=O) groups is 1. The quantitative estimate of drug-likeness (QED) is 0.630. The molecule has 0 aliphatic heterocycles. The van der Waals surface area contributed by atoms with Gasteiger partial charge >= 0.3 is 0 Å². The molecule has 1 aliphatic rings. The molecule has 27 heavy (non-hydrogen) atoms. The number of hydrogen-bond acceptors (Lipinski definition) is 2. The van der Waals surface area contributed by atoms with Gasteiger partial charge in [0.05, 0.1) is 0 Å². The Labute approximate surface area is 163 Å². The molecule has 0 saturated heterocycles. The molecule has 1 N–H and O–H groups in total. The Bertz CT molecular complexity index is 821. The molecule has 0 radical (unpaired) electrons. The highest BCUT2D eigenvalue weighted by molar-refractivity contribution is 5.91. The summed E-state index contributed by atoms with van der Waals surface area (Å²) in [5, 5.41) is 3.06. The van der Waals surface area contributed by atoms with Gasteiger partial charge in [-0.15, -0.1) is 0 Å². The molecule has 0 aromatic heterocycles. The molecule has 3 rings (SSSR count). The molecule has 3 heteroatoms. The number of anilines is 1. The minimum Gasteiger partial charge on any atom is -0.489 e. The molecule has 2 aromatic carbocycles. The van der Waals surface area contributed by atoms with Crippen LogP contribution in [0, 0.1) is 6.92 Å². The van der Waals surface area contributed by atoms with Crippen LogP contribution in [-0.4, -0.2) is 5.91 Å². The van der Waals surface area contributed by atoms with E-state index in [1.807, 2.05) is 19.1 Å². The highest BCUT2D eigenvalue weighted by atomic mass is 16.5. The van der Waals surface area contributed by atoms with Crippen LogP contribution < -0.4 is 10.1 Å². The lowest BCUT2D eigenvalue weighted by Gasteiger charge is -2.18. The van der Waals surface area contributed by atoms with E-state index in [-0.39, 0.29) is 5.91 Å². The number of hydrogen-bond donors (Lipinski definition) is 1. The highest BCUT2D eigenvalue weighted by Crippen LogP contribution is 2.43. The predicted octanol–water partition coefficient (Wildman–Crippen LogP) is 5.92. The Balaban J connectivity index is 1.89. The molecular formula is C24H31NO2. The van der Waals surface area contributed by atoms with E-state index in [1.165, 1.54) is 35.1 Å². The van der Waals surface area contributed by atoms with Crippen LogP contribution in [0.1, 0.15) is 73.8 Å². The fraction of sp³-hybridized carbons (Fsp3) is 0.458. The third-order valence-electron chi connectivity index (χ3n) is 5.48. The van der Waals surface area contributed by atoms with Gasteiger partial charge in [0.15, 0.2) is 0 Å². The van der Waals surface area contributed by atoms with Gasteiger partial charge in [-0.2, -0.15) is 0 Å². The van der Waals surface area contributed by atoms with Crippen LogP contribution in [0.15, 0.2) is 30.3 Å². The Morgan fingerprint density at radius 2 is 1.85 bits per heavy atom. The molecule has 1 saturated carbocycles. The molecule has 0 atom stereocenters. The fourth-order valence-corrected chi connectivity index (χ4v) is 3.62. The van der Waals surface area contributed by atoms with E-state index in [0.29, 0.717) is 18.9 Å². The number of carbonyl (C=O) groups excluding carboxylic acids is 1. The first-order chi connectivity index (χ1) is 13.1. The molecule has 3 nitrogen and oxygen atoms in total. The zero-order valence-corrected chi connectivity index (χ0v) is 17.0. The molecular weight excluding hydrogens is 334 g/mol. The van der Waals surface area contributed by atoms with Crippen molar-refractivity contribution >= 4 is 11.6 Å². The number of aryl methyl sites for hydroxylation is 3. The lowest BCUT2D eigenvalue weighted by Crippen LogP contribution is -2.13. The fourth-order valence-electron chi connectivity index (χ4n) is 3.62. The maximum atomic E-state index is 12.0. The zero-order valence-electron chi connectivity index (χ0n) is 17.0. The average Bonchev–Trinajstić information content (AvgIpc) is 3.51. The number of amides is 1. The summed E-state index contributed by atoms with van der Waals surface area (Å²) >= 11 is 0. The summed E-state index contributed by atoms with van der Waals surface area (Å²) in [4.78, 5) is 12.0. The van der Waals surface area contributed by atoms with E-state index < -0.39 is 0 Å². The van der Waals surface area contributed by atoms with Crippen molar-refractivity contribution in [1.29, 1.82) is 0 Å². The third-order valence-corrected chi connectivity index (χ3v) is 5.48. The summed E-state index contributed by atoms with van der Waals surface area (Å²) < 4.78 is 6.32. The summed E-state index contributed by atoms with van der Waals surface area (Å²) in [6.45, 7) is 8.88. The normalized spacial score (nSPS) is 13.5. The SMILES string of the molecule is CCC(=O)Nc1cccc(C2CC2)c1COc1cc(C)c(CC)cc1CC. The maximum Gasteiger partial charge on any atom is 0.224 e. The molecule has 1 amide bonds. The van der Waals surface area contributed by atoms with E-state index >= 15 is 0 Å².